The molecule has 1 aliphatic heterocycles. The van der Waals surface area contributed by atoms with E-state index in [0.717, 1.165) is 45.0 Å². The van der Waals surface area contributed by atoms with Crippen LogP contribution < -0.4 is 10.2 Å². The van der Waals surface area contributed by atoms with E-state index in [4.69, 9.17) is 0 Å². The van der Waals surface area contributed by atoms with Crippen LogP contribution in [-0.2, 0) is 26.0 Å². The Bertz CT molecular complexity index is 1450. The zero-order valence-corrected chi connectivity index (χ0v) is 20.8. The van der Waals surface area contributed by atoms with Crippen molar-refractivity contribution in [1.82, 2.24) is 9.29 Å². The molecule has 1 aromatic heterocycles. The van der Waals surface area contributed by atoms with E-state index in [1.54, 1.807) is 18.2 Å². The van der Waals surface area contributed by atoms with Crippen molar-refractivity contribution in [2.75, 3.05) is 23.8 Å². The Morgan fingerprint density at radius 2 is 1.89 bits per heavy atom. The number of rotatable bonds is 6. The molecular formula is C26H28N4O4S. The molecule has 182 valence electrons. The number of nitrogens with zero attached hydrogens (tertiary/aromatic N) is 3. The third-order valence-corrected chi connectivity index (χ3v) is 8.42. The van der Waals surface area contributed by atoms with E-state index in [9.17, 15) is 18.0 Å². The van der Waals surface area contributed by atoms with Gasteiger partial charge in [-0.1, -0.05) is 18.2 Å². The van der Waals surface area contributed by atoms with Crippen molar-refractivity contribution in [2.45, 2.75) is 44.0 Å². The van der Waals surface area contributed by atoms with E-state index in [0.29, 0.717) is 12.1 Å². The second-order valence-electron chi connectivity index (χ2n) is 9.46. The van der Waals surface area contributed by atoms with Gasteiger partial charge in [0, 0.05) is 35.8 Å². The van der Waals surface area contributed by atoms with Gasteiger partial charge in [-0.3, -0.25) is 14.6 Å². The average molecular weight is 493 g/mol. The van der Waals surface area contributed by atoms with Gasteiger partial charge in [0.25, 0.3) is 0 Å². The number of benzene rings is 2. The van der Waals surface area contributed by atoms with Gasteiger partial charge in [0.2, 0.25) is 21.8 Å². The molecule has 0 spiro atoms. The first-order valence-electron chi connectivity index (χ1n) is 11.7. The number of carbonyl (C=O) groups excluding carboxylic acids is 2. The Morgan fingerprint density at radius 1 is 1.14 bits per heavy atom. The van der Waals surface area contributed by atoms with E-state index >= 15 is 0 Å². The van der Waals surface area contributed by atoms with E-state index in [1.807, 2.05) is 43.0 Å². The number of aryl methyl sites for hydroxylation is 1. The Balaban J connectivity index is 1.33. The highest BCUT2D eigenvalue weighted by atomic mass is 32.2. The Hall–Kier alpha value is -3.30. The van der Waals surface area contributed by atoms with Crippen LogP contribution in [0.2, 0.25) is 0 Å². The van der Waals surface area contributed by atoms with Crippen molar-refractivity contribution in [1.29, 1.82) is 0 Å². The normalized spacial score (nSPS) is 17.6. The van der Waals surface area contributed by atoms with Gasteiger partial charge in [0.1, 0.15) is 0 Å². The van der Waals surface area contributed by atoms with Crippen LogP contribution in [-0.4, -0.2) is 49.2 Å². The number of nitrogens with one attached hydrogen (secondary N) is 1. The highest BCUT2D eigenvalue weighted by molar-refractivity contribution is 7.89. The van der Waals surface area contributed by atoms with Gasteiger partial charge in [-0.25, -0.2) is 8.42 Å². The number of amides is 2. The second kappa shape index (κ2) is 8.73. The molecule has 2 aromatic carbocycles. The van der Waals surface area contributed by atoms with E-state index in [1.165, 1.54) is 13.1 Å². The molecule has 2 aliphatic rings. The maximum Gasteiger partial charge on any atom is 0.243 e. The fraction of sp³-hybridized carbons (Fsp3) is 0.346. The number of anilines is 2. The van der Waals surface area contributed by atoms with Crippen LogP contribution in [0.3, 0.4) is 0 Å². The lowest BCUT2D eigenvalue weighted by molar-refractivity contribution is -0.120. The SMILES string of the molecule is Cc1cc(NC(=O)CN(C)S(=O)(=O)c2ccc3c(c2)C[C@@H](C)N3C(=O)C2CC2)c2ccccc2n1. The number of hydrogen-bond acceptors (Lipinski definition) is 5. The van der Waals surface area contributed by atoms with Crippen LogP contribution in [0.4, 0.5) is 11.4 Å². The smallest absolute Gasteiger partial charge is 0.243 e. The molecule has 1 saturated carbocycles. The fourth-order valence-corrected chi connectivity index (χ4v) is 5.88. The summed E-state index contributed by atoms with van der Waals surface area (Å²) in [6.45, 7) is 3.49. The van der Waals surface area contributed by atoms with Gasteiger partial charge in [0.15, 0.2) is 0 Å². The molecular weight excluding hydrogens is 464 g/mol. The van der Waals surface area contributed by atoms with E-state index in [-0.39, 0.29) is 29.3 Å². The topological polar surface area (TPSA) is 99.7 Å². The van der Waals surface area contributed by atoms with E-state index in [2.05, 4.69) is 10.3 Å². The summed E-state index contributed by atoms with van der Waals surface area (Å²) in [6.07, 6.45) is 2.45. The van der Waals surface area contributed by atoms with Gasteiger partial charge in [0.05, 0.1) is 22.6 Å². The van der Waals surface area contributed by atoms with Crippen molar-refractivity contribution >= 4 is 44.1 Å². The number of likely N-dealkylation sites (N-methyl/N-ethyl adjacent to an activating group) is 1. The summed E-state index contributed by atoms with van der Waals surface area (Å²) < 4.78 is 27.6. The van der Waals surface area contributed by atoms with Crippen LogP contribution in [0, 0.1) is 12.8 Å². The minimum Gasteiger partial charge on any atom is -0.324 e. The summed E-state index contributed by atoms with van der Waals surface area (Å²) in [5, 5.41) is 3.62. The lowest BCUT2D eigenvalue weighted by Crippen LogP contribution is -2.36. The summed E-state index contributed by atoms with van der Waals surface area (Å²) in [4.78, 5) is 31.9. The van der Waals surface area contributed by atoms with Crippen molar-refractivity contribution in [3.05, 3.63) is 59.8 Å². The van der Waals surface area contributed by atoms with Crippen molar-refractivity contribution in [2.24, 2.45) is 5.92 Å². The third-order valence-electron chi connectivity index (χ3n) is 6.62. The second-order valence-corrected chi connectivity index (χ2v) is 11.5. The van der Waals surface area contributed by atoms with Crippen molar-refractivity contribution in [3.63, 3.8) is 0 Å². The first-order valence-corrected chi connectivity index (χ1v) is 13.2. The summed E-state index contributed by atoms with van der Waals surface area (Å²) in [5.41, 5.74) is 3.72. The first kappa shape index (κ1) is 23.4. The molecule has 0 saturated heterocycles. The maximum absolute atomic E-state index is 13.3. The molecule has 0 unspecified atom stereocenters. The van der Waals surface area contributed by atoms with Crippen LogP contribution in [0.15, 0.2) is 53.4 Å². The molecule has 1 atom stereocenters. The molecule has 1 fully saturated rings. The number of hydrogen-bond donors (Lipinski definition) is 1. The maximum atomic E-state index is 13.3. The van der Waals surface area contributed by atoms with Gasteiger partial charge >= 0.3 is 0 Å². The molecule has 3 aromatic rings. The summed E-state index contributed by atoms with van der Waals surface area (Å²) >= 11 is 0. The highest BCUT2D eigenvalue weighted by Crippen LogP contribution is 2.39. The molecule has 0 bridgehead atoms. The quantitative estimate of drug-likeness (QED) is 0.568. The third kappa shape index (κ3) is 4.41. The summed E-state index contributed by atoms with van der Waals surface area (Å²) in [7, 11) is -2.51. The average Bonchev–Trinajstić information content (AvgIpc) is 3.60. The zero-order chi connectivity index (χ0) is 24.9. The molecule has 1 N–H and O–H groups in total. The predicted octanol–water partition coefficient (Wildman–Crippen LogP) is 3.49. The lowest BCUT2D eigenvalue weighted by atomic mass is 10.1. The zero-order valence-electron chi connectivity index (χ0n) is 20.0. The van der Waals surface area contributed by atoms with E-state index < -0.39 is 15.9 Å². The summed E-state index contributed by atoms with van der Waals surface area (Å²) in [6, 6.07) is 14.1. The first-order chi connectivity index (χ1) is 16.6. The predicted molar refractivity (Wildman–Crippen MR) is 135 cm³/mol. The number of para-hydroxylation sites is 1. The van der Waals surface area contributed by atoms with Crippen LogP contribution in [0.25, 0.3) is 10.9 Å². The van der Waals surface area contributed by atoms with Crippen LogP contribution >= 0.6 is 0 Å². The number of fused-ring (bicyclic) bond motifs is 2. The summed E-state index contributed by atoms with van der Waals surface area (Å²) in [5.74, 6) is -0.222. The van der Waals surface area contributed by atoms with Crippen LogP contribution in [0.1, 0.15) is 31.0 Å². The molecule has 8 nitrogen and oxygen atoms in total. The molecule has 0 radical (unpaired) electrons. The largest absolute Gasteiger partial charge is 0.324 e. The standard InChI is InChI=1S/C26H28N4O4S/c1-16-12-23(21-6-4-5-7-22(21)27-16)28-25(31)15-29(3)35(33,34)20-10-11-24-19(14-20)13-17(2)30(24)26(32)18-8-9-18/h4-7,10-12,14,17-18H,8-9,13,15H2,1-3H3,(H,27,28,31)/t17-/m1/s1. The lowest BCUT2D eigenvalue weighted by Gasteiger charge is -2.23. The molecule has 5 rings (SSSR count). The highest BCUT2D eigenvalue weighted by Gasteiger charge is 2.40. The van der Waals surface area contributed by atoms with Gasteiger partial charge in [-0.2, -0.15) is 4.31 Å². The molecule has 2 heterocycles. The molecule has 35 heavy (non-hydrogen) atoms. The number of pyridine rings is 1. The molecule has 1 aliphatic carbocycles. The number of carbonyl (C=O) groups is 2. The minimum atomic E-state index is -3.90. The Morgan fingerprint density at radius 3 is 2.63 bits per heavy atom. The number of aromatic nitrogens is 1. The van der Waals surface area contributed by atoms with Gasteiger partial charge in [-0.15, -0.1) is 0 Å². The Kier molecular flexibility index (Phi) is 5.85. The van der Waals surface area contributed by atoms with Gasteiger partial charge in [-0.05, 0) is 69.0 Å². The monoisotopic (exact) mass is 492 g/mol. The number of sulfonamides is 1. The Labute approximate surface area is 205 Å². The van der Waals surface area contributed by atoms with Crippen molar-refractivity contribution in [3.8, 4) is 0 Å². The molecule has 9 heteroatoms. The fourth-order valence-electron chi connectivity index (χ4n) is 4.70. The molecule has 2 amide bonds. The van der Waals surface area contributed by atoms with Gasteiger partial charge < -0.3 is 10.2 Å². The van der Waals surface area contributed by atoms with Crippen LogP contribution in [0.5, 0.6) is 0 Å². The minimum absolute atomic E-state index is 0.00166. The van der Waals surface area contributed by atoms with Crippen molar-refractivity contribution < 1.29 is 18.0 Å².